The molecule has 88 valence electrons. The molecule has 0 radical (unpaired) electrons. The molecule has 1 atom stereocenters. The summed E-state index contributed by atoms with van der Waals surface area (Å²) in [5, 5.41) is 3.36. The van der Waals surface area contributed by atoms with E-state index in [-0.39, 0.29) is 11.4 Å². The predicted molar refractivity (Wildman–Crippen MR) is 62.2 cm³/mol. The standard InChI is InChI=1S/C13H18FNO/c1-3-16-10-5-6-11(12(14)9-10)13(2)7-4-8-15-13/h5-6,9,15H,3-4,7-8H2,1-2H3. The molecule has 1 aliphatic rings. The van der Waals surface area contributed by atoms with Crippen LogP contribution in [-0.2, 0) is 5.54 Å². The summed E-state index contributed by atoms with van der Waals surface area (Å²) >= 11 is 0. The average molecular weight is 223 g/mol. The average Bonchev–Trinajstić information content (AvgIpc) is 2.66. The second-order valence-electron chi connectivity index (χ2n) is 4.44. The van der Waals surface area contributed by atoms with Crippen molar-refractivity contribution in [1.29, 1.82) is 0 Å². The first kappa shape index (κ1) is 11.4. The Kier molecular flexibility index (Phi) is 3.15. The van der Waals surface area contributed by atoms with Gasteiger partial charge in [0.15, 0.2) is 0 Å². The van der Waals surface area contributed by atoms with E-state index in [9.17, 15) is 4.39 Å². The normalized spacial score (nSPS) is 24.7. The highest BCUT2D eigenvalue weighted by molar-refractivity contribution is 5.33. The van der Waals surface area contributed by atoms with Crippen molar-refractivity contribution in [2.75, 3.05) is 13.2 Å². The number of nitrogens with one attached hydrogen (secondary N) is 1. The Morgan fingerprint density at radius 1 is 1.50 bits per heavy atom. The summed E-state index contributed by atoms with van der Waals surface area (Å²) < 4.78 is 19.2. The number of ether oxygens (including phenoxy) is 1. The first-order valence-electron chi connectivity index (χ1n) is 5.83. The molecule has 0 bridgehead atoms. The Balaban J connectivity index is 2.28. The Morgan fingerprint density at radius 3 is 2.88 bits per heavy atom. The number of benzene rings is 1. The van der Waals surface area contributed by atoms with Crippen LogP contribution < -0.4 is 10.1 Å². The molecule has 2 nitrogen and oxygen atoms in total. The highest BCUT2D eigenvalue weighted by Crippen LogP contribution is 2.33. The molecular weight excluding hydrogens is 205 g/mol. The number of hydrogen-bond acceptors (Lipinski definition) is 2. The molecule has 1 aromatic rings. The summed E-state index contributed by atoms with van der Waals surface area (Å²) in [5.41, 5.74) is 0.530. The third-order valence-corrected chi connectivity index (χ3v) is 3.21. The fraction of sp³-hybridized carbons (Fsp3) is 0.538. The van der Waals surface area contributed by atoms with E-state index in [1.165, 1.54) is 6.07 Å². The second kappa shape index (κ2) is 4.42. The molecule has 1 unspecified atom stereocenters. The van der Waals surface area contributed by atoms with Gasteiger partial charge in [0.2, 0.25) is 0 Å². The number of hydrogen-bond donors (Lipinski definition) is 1. The fourth-order valence-corrected chi connectivity index (χ4v) is 2.32. The van der Waals surface area contributed by atoms with Crippen LogP contribution in [0.15, 0.2) is 18.2 Å². The molecule has 1 fully saturated rings. The predicted octanol–water partition coefficient (Wildman–Crippen LogP) is 2.82. The molecule has 0 saturated carbocycles. The minimum absolute atomic E-state index is 0.178. The Labute approximate surface area is 95.8 Å². The van der Waals surface area contributed by atoms with Crippen LogP contribution in [0.25, 0.3) is 0 Å². The van der Waals surface area contributed by atoms with Gasteiger partial charge in [0.1, 0.15) is 11.6 Å². The van der Waals surface area contributed by atoms with Crippen LogP contribution in [0, 0.1) is 5.82 Å². The van der Waals surface area contributed by atoms with E-state index in [1.807, 2.05) is 19.1 Å². The highest BCUT2D eigenvalue weighted by Gasteiger charge is 2.32. The molecule has 0 spiro atoms. The summed E-state index contributed by atoms with van der Waals surface area (Å²) in [6.07, 6.45) is 2.08. The zero-order valence-electron chi connectivity index (χ0n) is 9.85. The van der Waals surface area contributed by atoms with E-state index in [2.05, 4.69) is 12.2 Å². The fourth-order valence-electron chi connectivity index (χ4n) is 2.32. The Hall–Kier alpha value is -1.09. The zero-order chi connectivity index (χ0) is 11.6. The van der Waals surface area contributed by atoms with E-state index >= 15 is 0 Å². The molecule has 2 rings (SSSR count). The maximum absolute atomic E-state index is 14.0. The third-order valence-electron chi connectivity index (χ3n) is 3.21. The monoisotopic (exact) mass is 223 g/mol. The maximum atomic E-state index is 14.0. The van der Waals surface area contributed by atoms with E-state index < -0.39 is 0 Å². The molecule has 1 saturated heterocycles. The molecule has 3 heteroatoms. The molecule has 1 aliphatic heterocycles. The Morgan fingerprint density at radius 2 is 2.31 bits per heavy atom. The highest BCUT2D eigenvalue weighted by atomic mass is 19.1. The second-order valence-corrected chi connectivity index (χ2v) is 4.44. The van der Waals surface area contributed by atoms with Crippen molar-refractivity contribution in [2.45, 2.75) is 32.2 Å². The van der Waals surface area contributed by atoms with Crippen LogP contribution >= 0.6 is 0 Å². The van der Waals surface area contributed by atoms with Crippen LogP contribution in [0.2, 0.25) is 0 Å². The van der Waals surface area contributed by atoms with Crippen LogP contribution in [0.5, 0.6) is 5.75 Å². The van der Waals surface area contributed by atoms with Gasteiger partial charge in [0.25, 0.3) is 0 Å². The van der Waals surface area contributed by atoms with E-state index in [0.29, 0.717) is 12.4 Å². The van der Waals surface area contributed by atoms with Gasteiger partial charge in [-0.15, -0.1) is 0 Å². The van der Waals surface area contributed by atoms with Crippen LogP contribution in [0.4, 0.5) is 4.39 Å². The molecule has 1 heterocycles. The molecule has 1 aromatic carbocycles. The number of halogens is 1. The lowest BCUT2D eigenvalue weighted by Gasteiger charge is -2.25. The van der Waals surface area contributed by atoms with E-state index in [4.69, 9.17) is 4.74 Å². The van der Waals surface area contributed by atoms with Gasteiger partial charge in [0.05, 0.1) is 6.61 Å². The SMILES string of the molecule is CCOc1ccc(C2(C)CCCN2)c(F)c1. The summed E-state index contributed by atoms with van der Waals surface area (Å²) in [6, 6.07) is 5.15. The van der Waals surface area contributed by atoms with Gasteiger partial charge in [0, 0.05) is 17.2 Å². The first-order chi connectivity index (χ1) is 7.65. The van der Waals surface area contributed by atoms with Crippen molar-refractivity contribution < 1.29 is 9.13 Å². The third kappa shape index (κ3) is 2.05. The molecular formula is C13H18FNO. The van der Waals surface area contributed by atoms with Gasteiger partial charge in [-0.1, -0.05) is 6.07 Å². The smallest absolute Gasteiger partial charge is 0.131 e. The van der Waals surface area contributed by atoms with Crippen LogP contribution in [0.3, 0.4) is 0 Å². The van der Waals surface area contributed by atoms with Gasteiger partial charge < -0.3 is 10.1 Å². The molecule has 1 N–H and O–H groups in total. The van der Waals surface area contributed by atoms with Crippen molar-refractivity contribution in [3.63, 3.8) is 0 Å². The molecule has 0 aliphatic carbocycles. The van der Waals surface area contributed by atoms with Crippen LogP contribution in [0.1, 0.15) is 32.3 Å². The summed E-state index contributed by atoms with van der Waals surface area (Å²) in [5.74, 6) is 0.424. The van der Waals surface area contributed by atoms with Gasteiger partial charge in [-0.3, -0.25) is 0 Å². The minimum atomic E-state index is -0.213. The van der Waals surface area contributed by atoms with Crippen molar-refractivity contribution in [2.24, 2.45) is 0 Å². The lowest BCUT2D eigenvalue weighted by molar-refractivity contribution is 0.336. The quantitative estimate of drug-likeness (QED) is 0.850. The first-order valence-corrected chi connectivity index (χ1v) is 5.83. The summed E-state index contributed by atoms with van der Waals surface area (Å²) in [7, 11) is 0. The summed E-state index contributed by atoms with van der Waals surface area (Å²) in [4.78, 5) is 0. The summed E-state index contributed by atoms with van der Waals surface area (Å²) in [6.45, 7) is 5.47. The van der Waals surface area contributed by atoms with Gasteiger partial charge in [-0.2, -0.15) is 0 Å². The maximum Gasteiger partial charge on any atom is 0.131 e. The van der Waals surface area contributed by atoms with E-state index in [0.717, 1.165) is 24.9 Å². The van der Waals surface area contributed by atoms with Crippen molar-refractivity contribution in [1.82, 2.24) is 5.32 Å². The number of rotatable bonds is 3. The van der Waals surface area contributed by atoms with Gasteiger partial charge in [-0.05, 0) is 39.3 Å². The van der Waals surface area contributed by atoms with Crippen LogP contribution in [-0.4, -0.2) is 13.2 Å². The van der Waals surface area contributed by atoms with Gasteiger partial charge >= 0.3 is 0 Å². The minimum Gasteiger partial charge on any atom is -0.494 e. The molecule has 0 aromatic heterocycles. The van der Waals surface area contributed by atoms with Crippen molar-refractivity contribution in [3.05, 3.63) is 29.6 Å². The van der Waals surface area contributed by atoms with Gasteiger partial charge in [-0.25, -0.2) is 4.39 Å². The lowest BCUT2D eigenvalue weighted by atomic mass is 9.90. The lowest BCUT2D eigenvalue weighted by Crippen LogP contribution is -2.34. The van der Waals surface area contributed by atoms with E-state index in [1.54, 1.807) is 0 Å². The largest absolute Gasteiger partial charge is 0.494 e. The Bertz CT molecular complexity index is 372. The van der Waals surface area contributed by atoms with Crippen molar-refractivity contribution in [3.8, 4) is 5.75 Å². The topological polar surface area (TPSA) is 21.3 Å². The molecule has 16 heavy (non-hydrogen) atoms. The van der Waals surface area contributed by atoms with Crippen molar-refractivity contribution >= 4 is 0 Å². The molecule has 0 amide bonds. The zero-order valence-corrected chi connectivity index (χ0v) is 9.85.